The fraction of sp³-hybridized carbons (Fsp3) is 0.389. The summed E-state index contributed by atoms with van der Waals surface area (Å²) in [6.07, 6.45) is 5.55. The Hall–Kier alpha value is -2.38. The van der Waals surface area contributed by atoms with Crippen molar-refractivity contribution >= 4 is 29.0 Å². The van der Waals surface area contributed by atoms with Gasteiger partial charge in [-0.3, -0.25) is 9.97 Å². The maximum atomic E-state index is 12.3. The first kappa shape index (κ1) is 18.4. The van der Waals surface area contributed by atoms with Gasteiger partial charge in [-0.1, -0.05) is 11.6 Å². The number of morpholine rings is 1. The number of nitrogens with zero attached hydrogens (tertiary/aromatic N) is 3. The molecule has 8 heteroatoms. The van der Waals surface area contributed by atoms with E-state index in [2.05, 4.69) is 25.5 Å². The van der Waals surface area contributed by atoms with E-state index in [1.165, 1.54) is 0 Å². The number of urea groups is 1. The molecule has 138 valence electrons. The maximum Gasteiger partial charge on any atom is 0.319 e. The predicted molar refractivity (Wildman–Crippen MR) is 102 cm³/mol. The van der Waals surface area contributed by atoms with Gasteiger partial charge in [0.1, 0.15) is 0 Å². The minimum Gasteiger partial charge on any atom is -0.378 e. The van der Waals surface area contributed by atoms with E-state index in [0.29, 0.717) is 30.3 Å². The summed E-state index contributed by atoms with van der Waals surface area (Å²) < 4.78 is 5.38. The molecule has 0 saturated carbocycles. The SMILES string of the molecule is C[C@H](Cc1cnccn1)NC(=O)Nc1cc(N2CCOCC2)ccc1Cl. The second-order valence-electron chi connectivity index (χ2n) is 6.16. The topological polar surface area (TPSA) is 79.4 Å². The Morgan fingerprint density at radius 2 is 2.15 bits per heavy atom. The smallest absolute Gasteiger partial charge is 0.319 e. The lowest BCUT2D eigenvalue weighted by Crippen LogP contribution is -2.38. The minimum atomic E-state index is -0.303. The molecule has 1 aromatic heterocycles. The Morgan fingerprint density at radius 3 is 2.88 bits per heavy atom. The van der Waals surface area contributed by atoms with E-state index < -0.39 is 0 Å². The van der Waals surface area contributed by atoms with Crippen LogP contribution in [0.2, 0.25) is 5.02 Å². The zero-order chi connectivity index (χ0) is 18.4. The van der Waals surface area contributed by atoms with E-state index in [4.69, 9.17) is 16.3 Å². The Kier molecular flexibility index (Phi) is 6.25. The number of nitrogens with one attached hydrogen (secondary N) is 2. The molecule has 1 saturated heterocycles. The van der Waals surface area contributed by atoms with Gasteiger partial charge in [0.05, 0.1) is 29.6 Å². The summed E-state index contributed by atoms with van der Waals surface area (Å²) in [5.41, 5.74) is 2.42. The monoisotopic (exact) mass is 375 g/mol. The third kappa shape index (κ3) is 5.06. The Morgan fingerprint density at radius 1 is 1.35 bits per heavy atom. The molecule has 0 radical (unpaired) electrons. The second-order valence-corrected chi connectivity index (χ2v) is 6.57. The number of halogens is 1. The van der Waals surface area contributed by atoms with Crippen LogP contribution in [-0.2, 0) is 11.2 Å². The molecule has 1 aromatic carbocycles. The first-order valence-corrected chi connectivity index (χ1v) is 8.94. The van der Waals surface area contributed by atoms with Crippen LogP contribution in [0.4, 0.5) is 16.2 Å². The molecule has 2 amide bonds. The van der Waals surface area contributed by atoms with Crippen molar-refractivity contribution in [2.75, 3.05) is 36.5 Å². The summed E-state index contributed by atoms with van der Waals surface area (Å²) >= 11 is 6.24. The van der Waals surface area contributed by atoms with E-state index in [9.17, 15) is 4.79 Å². The average molecular weight is 376 g/mol. The quantitative estimate of drug-likeness (QED) is 0.840. The number of hydrogen-bond acceptors (Lipinski definition) is 5. The molecule has 3 rings (SSSR count). The lowest BCUT2D eigenvalue weighted by atomic mass is 10.2. The first-order chi connectivity index (χ1) is 12.6. The van der Waals surface area contributed by atoms with Crippen LogP contribution in [0, 0.1) is 0 Å². The maximum absolute atomic E-state index is 12.3. The molecular weight excluding hydrogens is 354 g/mol. The summed E-state index contributed by atoms with van der Waals surface area (Å²) in [6.45, 7) is 4.96. The lowest BCUT2D eigenvalue weighted by molar-refractivity contribution is 0.122. The van der Waals surface area contributed by atoms with Crippen LogP contribution in [0.15, 0.2) is 36.8 Å². The van der Waals surface area contributed by atoms with Crippen LogP contribution in [0.5, 0.6) is 0 Å². The minimum absolute atomic E-state index is 0.0899. The molecule has 2 aromatic rings. The highest BCUT2D eigenvalue weighted by Gasteiger charge is 2.15. The van der Waals surface area contributed by atoms with Crippen molar-refractivity contribution in [1.82, 2.24) is 15.3 Å². The molecule has 0 aliphatic carbocycles. The van der Waals surface area contributed by atoms with E-state index in [-0.39, 0.29) is 12.1 Å². The van der Waals surface area contributed by atoms with Crippen molar-refractivity contribution in [3.8, 4) is 0 Å². The number of anilines is 2. The third-order valence-electron chi connectivity index (χ3n) is 4.08. The van der Waals surface area contributed by atoms with Gasteiger partial charge < -0.3 is 20.3 Å². The average Bonchev–Trinajstić information content (AvgIpc) is 2.65. The molecule has 1 fully saturated rings. The molecule has 0 spiro atoms. The largest absolute Gasteiger partial charge is 0.378 e. The Bertz CT molecular complexity index is 738. The summed E-state index contributed by atoms with van der Waals surface area (Å²) in [4.78, 5) is 22.8. The van der Waals surface area contributed by atoms with Crippen LogP contribution in [0.25, 0.3) is 0 Å². The molecule has 1 aliphatic heterocycles. The van der Waals surface area contributed by atoms with Crippen molar-refractivity contribution < 1.29 is 9.53 Å². The number of benzene rings is 1. The van der Waals surface area contributed by atoms with Gasteiger partial charge in [-0.25, -0.2) is 4.79 Å². The van der Waals surface area contributed by atoms with Gasteiger partial charge >= 0.3 is 6.03 Å². The number of hydrogen-bond donors (Lipinski definition) is 2. The molecule has 2 N–H and O–H groups in total. The van der Waals surface area contributed by atoms with Crippen LogP contribution in [0.3, 0.4) is 0 Å². The first-order valence-electron chi connectivity index (χ1n) is 8.56. The van der Waals surface area contributed by atoms with Crippen LogP contribution in [0.1, 0.15) is 12.6 Å². The molecule has 0 unspecified atom stereocenters. The summed E-state index contributed by atoms with van der Waals surface area (Å²) in [6, 6.07) is 5.24. The molecule has 0 bridgehead atoms. The fourth-order valence-corrected chi connectivity index (χ4v) is 2.97. The molecule has 7 nitrogen and oxygen atoms in total. The van der Waals surface area contributed by atoms with Crippen molar-refractivity contribution in [3.05, 3.63) is 47.5 Å². The third-order valence-corrected chi connectivity index (χ3v) is 4.41. The van der Waals surface area contributed by atoms with Crippen molar-refractivity contribution in [2.45, 2.75) is 19.4 Å². The van der Waals surface area contributed by atoms with Crippen LogP contribution >= 0.6 is 11.6 Å². The van der Waals surface area contributed by atoms with Gasteiger partial charge in [0.25, 0.3) is 0 Å². The summed E-state index contributed by atoms with van der Waals surface area (Å²) in [7, 11) is 0. The Labute approximate surface area is 157 Å². The van der Waals surface area contributed by atoms with Crippen molar-refractivity contribution in [3.63, 3.8) is 0 Å². The van der Waals surface area contributed by atoms with Crippen molar-refractivity contribution in [1.29, 1.82) is 0 Å². The van der Waals surface area contributed by atoms with Gasteiger partial charge in [0, 0.05) is 49.8 Å². The molecular formula is C18H22ClN5O2. The number of rotatable bonds is 5. The predicted octanol–water partition coefficient (Wildman–Crippen LogP) is 2.72. The van der Waals surface area contributed by atoms with Gasteiger partial charge in [-0.15, -0.1) is 0 Å². The molecule has 1 aliphatic rings. The van der Waals surface area contributed by atoms with Gasteiger partial charge in [0.2, 0.25) is 0 Å². The van der Waals surface area contributed by atoms with Crippen LogP contribution < -0.4 is 15.5 Å². The number of carbonyl (C=O) groups excluding carboxylic acids is 1. The highest BCUT2D eigenvalue weighted by molar-refractivity contribution is 6.33. The van der Waals surface area contributed by atoms with E-state index in [0.717, 1.165) is 24.5 Å². The number of carbonyl (C=O) groups is 1. The number of amides is 2. The van der Waals surface area contributed by atoms with Crippen molar-refractivity contribution in [2.24, 2.45) is 0 Å². The molecule has 1 atom stereocenters. The van der Waals surface area contributed by atoms with Gasteiger partial charge in [-0.05, 0) is 25.1 Å². The van der Waals surface area contributed by atoms with E-state index >= 15 is 0 Å². The van der Waals surface area contributed by atoms with E-state index in [1.54, 1.807) is 24.7 Å². The normalized spacial score (nSPS) is 15.4. The summed E-state index contributed by atoms with van der Waals surface area (Å²) in [5, 5.41) is 6.22. The Balaban J connectivity index is 1.59. The highest BCUT2D eigenvalue weighted by Crippen LogP contribution is 2.28. The number of ether oxygens (including phenoxy) is 1. The lowest BCUT2D eigenvalue weighted by Gasteiger charge is -2.29. The second kappa shape index (κ2) is 8.82. The molecule has 26 heavy (non-hydrogen) atoms. The van der Waals surface area contributed by atoms with Crippen LogP contribution in [-0.4, -0.2) is 48.3 Å². The zero-order valence-electron chi connectivity index (χ0n) is 14.6. The van der Waals surface area contributed by atoms with E-state index in [1.807, 2.05) is 19.1 Å². The number of aromatic nitrogens is 2. The highest BCUT2D eigenvalue weighted by atomic mass is 35.5. The standard InChI is InChI=1S/C18H22ClN5O2/c1-13(10-14-12-20-4-5-21-14)22-18(25)23-17-11-15(2-3-16(17)19)24-6-8-26-9-7-24/h2-5,11-13H,6-10H2,1H3,(H2,22,23,25)/t13-/m1/s1. The zero-order valence-corrected chi connectivity index (χ0v) is 15.4. The van der Waals surface area contributed by atoms with Gasteiger partial charge in [-0.2, -0.15) is 0 Å². The molecule has 2 heterocycles. The fourth-order valence-electron chi connectivity index (χ4n) is 2.81. The summed E-state index contributed by atoms with van der Waals surface area (Å²) in [5.74, 6) is 0. The van der Waals surface area contributed by atoms with Gasteiger partial charge in [0.15, 0.2) is 0 Å².